The molecule has 0 fully saturated rings. The van der Waals surface area contributed by atoms with Crippen molar-refractivity contribution in [1.29, 1.82) is 0 Å². The summed E-state index contributed by atoms with van der Waals surface area (Å²) in [5.41, 5.74) is 6.19. The molecule has 0 radical (unpaired) electrons. The predicted molar refractivity (Wildman–Crippen MR) is 79.8 cm³/mol. The van der Waals surface area contributed by atoms with Gasteiger partial charge in [-0.1, -0.05) is 59.3 Å². The van der Waals surface area contributed by atoms with Gasteiger partial charge in [-0.2, -0.15) is 0 Å². The molecule has 2 rings (SSSR count). The van der Waals surface area contributed by atoms with Crippen LogP contribution in [0.25, 0.3) is 0 Å². The Balaban J connectivity index is 2.01. The van der Waals surface area contributed by atoms with E-state index in [-0.39, 0.29) is 10.8 Å². The topological polar surface area (TPSA) is 12.4 Å². The van der Waals surface area contributed by atoms with Crippen molar-refractivity contribution < 1.29 is 0 Å². The van der Waals surface area contributed by atoms with Crippen LogP contribution in [-0.2, 0) is 0 Å². The van der Waals surface area contributed by atoms with Gasteiger partial charge in [0, 0.05) is 23.7 Å². The number of nitrogens with zero attached hydrogens (tertiary/aromatic N) is 1. The Hall–Kier alpha value is -1.11. The van der Waals surface area contributed by atoms with Crippen molar-refractivity contribution in [2.45, 2.75) is 54.4 Å². The molecule has 0 unspecified atom stereocenters. The van der Waals surface area contributed by atoms with Crippen LogP contribution < -0.4 is 0 Å². The standard InChI is InChI=1S/C17H25N/c1-16(2,3)14-8-7-12(9-14)13-10-15(18-11-13)17(4,5)6/h7-8,11H,9-10H2,1-6H3. The molecule has 0 bridgehead atoms. The number of hydrogen-bond donors (Lipinski definition) is 0. The highest BCUT2D eigenvalue weighted by atomic mass is 14.8. The minimum Gasteiger partial charge on any atom is -0.264 e. The van der Waals surface area contributed by atoms with E-state index in [1.165, 1.54) is 22.4 Å². The van der Waals surface area contributed by atoms with E-state index in [9.17, 15) is 0 Å². The van der Waals surface area contributed by atoms with Gasteiger partial charge in [-0.3, -0.25) is 4.99 Å². The molecule has 0 spiro atoms. The molecule has 98 valence electrons. The summed E-state index contributed by atoms with van der Waals surface area (Å²) >= 11 is 0. The lowest BCUT2D eigenvalue weighted by Gasteiger charge is -2.22. The lowest BCUT2D eigenvalue weighted by molar-refractivity contribution is 0.494. The van der Waals surface area contributed by atoms with Crippen molar-refractivity contribution in [3.05, 3.63) is 35.1 Å². The molecule has 0 atom stereocenters. The molecule has 18 heavy (non-hydrogen) atoms. The van der Waals surface area contributed by atoms with Crippen LogP contribution >= 0.6 is 0 Å². The second-order valence-electron chi connectivity index (χ2n) is 7.47. The second kappa shape index (κ2) is 4.22. The molecule has 1 heteroatoms. The number of allylic oxidation sites excluding steroid dienone is 5. The Kier molecular flexibility index (Phi) is 3.12. The number of aliphatic imine (C=N–C) groups is 1. The SMILES string of the molecule is CC(C)(C)C1=CC=C(C2=CN=C(C(C)(C)C)C2)C1. The Morgan fingerprint density at radius 2 is 1.50 bits per heavy atom. The molecule has 1 aliphatic carbocycles. The van der Waals surface area contributed by atoms with Crippen LogP contribution in [0.1, 0.15) is 54.4 Å². The molecule has 0 aromatic carbocycles. The second-order valence-corrected chi connectivity index (χ2v) is 7.47. The molecular formula is C17H25N. The van der Waals surface area contributed by atoms with Gasteiger partial charge >= 0.3 is 0 Å². The van der Waals surface area contributed by atoms with Gasteiger partial charge in [-0.05, 0) is 23.0 Å². The van der Waals surface area contributed by atoms with E-state index in [4.69, 9.17) is 0 Å². The zero-order valence-corrected chi connectivity index (χ0v) is 12.6. The minimum atomic E-state index is 0.192. The quantitative estimate of drug-likeness (QED) is 0.610. The molecule has 0 saturated carbocycles. The summed E-state index contributed by atoms with van der Waals surface area (Å²) in [7, 11) is 0. The van der Waals surface area contributed by atoms with Gasteiger partial charge < -0.3 is 0 Å². The van der Waals surface area contributed by atoms with E-state index in [0.717, 1.165) is 12.8 Å². The van der Waals surface area contributed by atoms with Crippen LogP contribution in [-0.4, -0.2) is 5.71 Å². The maximum atomic E-state index is 4.61. The molecule has 0 N–H and O–H groups in total. The Bertz CT molecular complexity index is 425. The summed E-state index contributed by atoms with van der Waals surface area (Å²) in [5, 5.41) is 0. The van der Waals surface area contributed by atoms with Gasteiger partial charge in [0.1, 0.15) is 0 Å². The van der Waals surface area contributed by atoms with Gasteiger partial charge in [0.15, 0.2) is 0 Å². The highest BCUT2D eigenvalue weighted by Crippen LogP contribution is 2.39. The van der Waals surface area contributed by atoms with Gasteiger partial charge in [0.05, 0.1) is 0 Å². The van der Waals surface area contributed by atoms with Crippen LogP contribution in [0.5, 0.6) is 0 Å². The highest BCUT2D eigenvalue weighted by Gasteiger charge is 2.27. The van der Waals surface area contributed by atoms with Crippen LogP contribution in [0.2, 0.25) is 0 Å². The molecule has 1 nitrogen and oxygen atoms in total. The third-order valence-electron chi connectivity index (χ3n) is 3.84. The summed E-state index contributed by atoms with van der Waals surface area (Å²) in [6, 6.07) is 0. The summed E-state index contributed by atoms with van der Waals surface area (Å²) in [6.45, 7) is 13.6. The summed E-state index contributed by atoms with van der Waals surface area (Å²) in [5.74, 6) is 0. The lowest BCUT2D eigenvalue weighted by Crippen LogP contribution is -2.18. The molecule has 0 aromatic heterocycles. The normalized spacial score (nSPS) is 20.6. The van der Waals surface area contributed by atoms with Crippen LogP contribution in [0.15, 0.2) is 40.1 Å². The van der Waals surface area contributed by atoms with Crippen LogP contribution in [0.3, 0.4) is 0 Å². The largest absolute Gasteiger partial charge is 0.264 e. The van der Waals surface area contributed by atoms with E-state index < -0.39 is 0 Å². The van der Waals surface area contributed by atoms with Crippen molar-refractivity contribution in [3.8, 4) is 0 Å². The highest BCUT2D eigenvalue weighted by molar-refractivity contribution is 5.94. The minimum absolute atomic E-state index is 0.192. The third kappa shape index (κ3) is 2.66. The average Bonchev–Trinajstić information content (AvgIpc) is 2.84. The Labute approximate surface area is 111 Å². The fourth-order valence-electron chi connectivity index (χ4n) is 2.34. The molecule has 1 aliphatic heterocycles. The predicted octanol–water partition coefficient (Wildman–Crippen LogP) is 5.06. The third-order valence-corrected chi connectivity index (χ3v) is 3.84. The van der Waals surface area contributed by atoms with Crippen molar-refractivity contribution in [2.75, 3.05) is 0 Å². The van der Waals surface area contributed by atoms with Gasteiger partial charge in [-0.25, -0.2) is 0 Å². The lowest BCUT2D eigenvalue weighted by atomic mass is 9.82. The maximum absolute atomic E-state index is 4.61. The first-order valence-electron chi connectivity index (χ1n) is 6.85. The zero-order valence-electron chi connectivity index (χ0n) is 12.6. The van der Waals surface area contributed by atoms with E-state index in [1.807, 2.05) is 0 Å². The van der Waals surface area contributed by atoms with Crippen molar-refractivity contribution in [2.24, 2.45) is 15.8 Å². The fraction of sp³-hybridized carbons (Fsp3) is 0.588. The first-order chi connectivity index (χ1) is 8.18. The van der Waals surface area contributed by atoms with Crippen molar-refractivity contribution in [1.82, 2.24) is 0 Å². The number of hydrogen-bond acceptors (Lipinski definition) is 1. The smallest absolute Gasteiger partial charge is 0.0306 e. The van der Waals surface area contributed by atoms with Crippen molar-refractivity contribution >= 4 is 5.71 Å². The molecule has 0 aromatic rings. The number of rotatable bonds is 1. The fourth-order valence-corrected chi connectivity index (χ4v) is 2.34. The Morgan fingerprint density at radius 3 is 1.94 bits per heavy atom. The van der Waals surface area contributed by atoms with Gasteiger partial charge in [0.25, 0.3) is 0 Å². The molecule has 2 aliphatic rings. The Morgan fingerprint density at radius 1 is 0.833 bits per heavy atom. The van der Waals surface area contributed by atoms with Gasteiger partial charge in [-0.15, -0.1) is 0 Å². The first kappa shape index (κ1) is 13.3. The summed E-state index contributed by atoms with van der Waals surface area (Å²) in [4.78, 5) is 4.61. The van der Waals surface area contributed by atoms with Crippen LogP contribution in [0, 0.1) is 10.8 Å². The molecular weight excluding hydrogens is 218 g/mol. The van der Waals surface area contributed by atoms with Crippen LogP contribution in [0.4, 0.5) is 0 Å². The maximum Gasteiger partial charge on any atom is 0.0306 e. The molecule has 0 amide bonds. The average molecular weight is 243 g/mol. The monoisotopic (exact) mass is 243 g/mol. The van der Waals surface area contributed by atoms with E-state index in [1.54, 1.807) is 0 Å². The first-order valence-corrected chi connectivity index (χ1v) is 6.85. The van der Waals surface area contributed by atoms with Gasteiger partial charge in [0.2, 0.25) is 0 Å². The molecule has 0 saturated heterocycles. The molecule has 1 heterocycles. The zero-order chi connectivity index (χ0) is 13.6. The summed E-state index contributed by atoms with van der Waals surface area (Å²) in [6.07, 6.45) is 8.79. The van der Waals surface area contributed by atoms with E-state index in [0.29, 0.717) is 0 Å². The summed E-state index contributed by atoms with van der Waals surface area (Å²) < 4.78 is 0. The van der Waals surface area contributed by atoms with Crippen molar-refractivity contribution in [3.63, 3.8) is 0 Å². The van der Waals surface area contributed by atoms with E-state index >= 15 is 0 Å². The van der Waals surface area contributed by atoms with E-state index in [2.05, 4.69) is 64.9 Å².